The molecular formula is C12H20N4O. The van der Waals surface area contributed by atoms with Gasteiger partial charge < -0.3 is 15.7 Å². The minimum Gasteiger partial charge on any atom is -0.395 e. The average Bonchev–Trinajstić information content (AvgIpc) is 2.24. The van der Waals surface area contributed by atoms with Gasteiger partial charge in [0.2, 0.25) is 0 Å². The molecule has 0 atom stereocenters. The Labute approximate surface area is 102 Å². The second-order valence-corrected chi connectivity index (χ2v) is 4.25. The second-order valence-electron chi connectivity index (χ2n) is 4.25. The van der Waals surface area contributed by atoms with Crippen molar-refractivity contribution in [1.29, 1.82) is 5.41 Å². The molecule has 94 valence electrons. The minimum atomic E-state index is -0.00362. The first kappa shape index (κ1) is 13.4. The van der Waals surface area contributed by atoms with Crippen LogP contribution in [0.4, 0.5) is 5.82 Å². The monoisotopic (exact) mass is 236 g/mol. The average molecular weight is 236 g/mol. The molecule has 0 amide bonds. The highest BCUT2D eigenvalue weighted by atomic mass is 16.3. The van der Waals surface area contributed by atoms with E-state index < -0.39 is 0 Å². The third-order valence-corrected chi connectivity index (χ3v) is 2.54. The lowest BCUT2D eigenvalue weighted by Gasteiger charge is -2.29. The van der Waals surface area contributed by atoms with Crippen molar-refractivity contribution in [2.75, 3.05) is 18.1 Å². The number of aryl methyl sites for hydroxylation is 1. The first-order chi connectivity index (χ1) is 7.97. The molecule has 0 aliphatic rings. The molecule has 1 rings (SSSR count). The highest BCUT2D eigenvalue weighted by Gasteiger charge is 2.17. The lowest BCUT2D eigenvalue weighted by Crippen LogP contribution is -2.36. The SMILES string of the molecule is Cc1ccc(C(=N)N)c(N(CCO)C(C)C)n1. The van der Waals surface area contributed by atoms with Crippen molar-refractivity contribution in [3.63, 3.8) is 0 Å². The molecule has 0 bridgehead atoms. The fraction of sp³-hybridized carbons (Fsp3) is 0.500. The van der Waals surface area contributed by atoms with E-state index in [1.807, 2.05) is 31.7 Å². The van der Waals surface area contributed by atoms with Crippen molar-refractivity contribution in [2.45, 2.75) is 26.8 Å². The molecule has 5 heteroatoms. The van der Waals surface area contributed by atoms with Gasteiger partial charge >= 0.3 is 0 Å². The topological polar surface area (TPSA) is 86.2 Å². The first-order valence-electron chi connectivity index (χ1n) is 5.67. The Bertz CT molecular complexity index is 403. The quantitative estimate of drug-likeness (QED) is 0.523. The number of nitrogens with two attached hydrogens (primary N) is 1. The molecule has 0 aromatic carbocycles. The molecule has 0 saturated carbocycles. The summed E-state index contributed by atoms with van der Waals surface area (Å²) in [7, 11) is 0. The van der Waals surface area contributed by atoms with Gasteiger partial charge in [-0.05, 0) is 32.9 Å². The second kappa shape index (κ2) is 5.63. The van der Waals surface area contributed by atoms with E-state index in [4.69, 9.17) is 16.2 Å². The predicted molar refractivity (Wildman–Crippen MR) is 69.6 cm³/mol. The van der Waals surface area contributed by atoms with Crippen LogP contribution in [0, 0.1) is 12.3 Å². The zero-order valence-electron chi connectivity index (χ0n) is 10.6. The van der Waals surface area contributed by atoms with Gasteiger partial charge in [-0.25, -0.2) is 4.98 Å². The smallest absolute Gasteiger partial charge is 0.140 e. The van der Waals surface area contributed by atoms with Crippen molar-refractivity contribution in [3.8, 4) is 0 Å². The van der Waals surface area contributed by atoms with Crippen LogP contribution in [-0.4, -0.2) is 35.1 Å². The van der Waals surface area contributed by atoms with Crippen LogP contribution in [0.1, 0.15) is 25.1 Å². The van der Waals surface area contributed by atoms with Gasteiger partial charge in [0.1, 0.15) is 11.7 Å². The summed E-state index contributed by atoms with van der Waals surface area (Å²) < 4.78 is 0. The van der Waals surface area contributed by atoms with Crippen LogP contribution in [0.3, 0.4) is 0 Å². The van der Waals surface area contributed by atoms with E-state index in [9.17, 15) is 0 Å². The van der Waals surface area contributed by atoms with Crippen LogP contribution in [0.5, 0.6) is 0 Å². The number of pyridine rings is 1. The molecule has 1 aromatic rings. The number of aliphatic hydroxyl groups excluding tert-OH is 1. The number of amidine groups is 1. The van der Waals surface area contributed by atoms with E-state index >= 15 is 0 Å². The highest BCUT2D eigenvalue weighted by Crippen LogP contribution is 2.20. The largest absolute Gasteiger partial charge is 0.395 e. The zero-order valence-corrected chi connectivity index (χ0v) is 10.6. The van der Waals surface area contributed by atoms with Crippen LogP contribution < -0.4 is 10.6 Å². The molecule has 0 radical (unpaired) electrons. The summed E-state index contributed by atoms with van der Waals surface area (Å²) in [6.45, 7) is 6.46. The Hall–Kier alpha value is -1.62. The normalized spacial score (nSPS) is 10.6. The summed E-state index contributed by atoms with van der Waals surface area (Å²) in [5.41, 5.74) is 7.03. The van der Waals surface area contributed by atoms with Crippen LogP contribution in [-0.2, 0) is 0 Å². The third-order valence-electron chi connectivity index (χ3n) is 2.54. The van der Waals surface area contributed by atoms with Gasteiger partial charge in [-0.1, -0.05) is 0 Å². The van der Waals surface area contributed by atoms with Gasteiger partial charge in [0.25, 0.3) is 0 Å². The Kier molecular flexibility index (Phi) is 4.45. The summed E-state index contributed by atoms with van der Waals surface area (Å²) in [5.74, 6) is 0.664. The van der Waals surface area contributed by atoms with Crippen molar-refractivity contribution in [1.82, 2.24) is 4.98 Å². The Balaban J connectivity index is 3.24. The third kappa shape index (κ3) is 3.17. The number of nitrogen functional groups attached to an aromatic ring is 1. The lowest BCUT2D eigenvalue weighted by atomic mass is 10.2. The number of aromatic nitrogens is 1. The van der Waals surface area contributed by atoms with Crippen LogP contribution in [0.2, 0.25) is 0 Å². The molecule has 0 aliphatic carbocycles. The fourth-order valence-corrected chi connectivity index (χ4v) is 1.69. The van der Waals surface area contributed by atoms with E-state index in [1.165, 1.54) is 0 Å². The number of hydrogen-bond acceptors (Lipinski definition) is 4. The number of hydrogen-bond donors (Lipinski definition) is 3. The highest BCUT2D eigenvalue weighted by molar-refractivity contribution is 5.99. The van der Waals surface area contributed by atoms with Gasteiger partial charge in [-0.15, -0.1) is 0 Å². The Morgan fingerprint density at radius 2 is 2.18 bits per heavy atom. The molecule has 17 heavy (non-hydrogen) atoms. The van der Waals surface area contributed by atoms with Crippen LogP contribution in [0.25, 0.3) is 0 Å². The molecule has 0 fully saturated rings. The maximum atomic E-state index is 9.09. The summed E-state index contributed by atoms with van der Waals surface area (Å²) in [4.78, 5) is 6.38. The zero-order chi connectivity index (χ0) is 13.0. The molecule has 0 spiro atoms. The van der Waals surface area contributed by atoms with E-state index in [0.29, 0.717) is 17.9 Å². The molecule has 0 aliphatic heterocycles. The molecular weight excluding hydrogens is 216 g/mol. The summed E-state index contributed by atoms with van der Waals surface area (Å²) in [6.07, 6.45) is 0. The minimum absolute atomic E-state index is 0.00362. The number of rotatable bonds is 5. The number of nitrogens with one attached hydrogen (secondary N) is 1. The molecule has 5 nitrogen and oxygen atoms in total. The van der Waals surface area contributed by atoms with Crippen molar-refractivity contribution in [2.24, 2.45) is 5.73 Å². The molecule has 0 saturated heterocycles. The number of anilines is 1. The lowest BCUT2D eigenvalue weighted by molar-refractivity contribution is 0.298. The summed E-state index contributed by atoms with van der Waals surface area (Å²) >= 11 is 0. The van der Waals surface area contributed by atoms with E-state index in [0.717, 1.165) is 5.69 Å². The van der Waals surface area contributed by atoms with E-state index in [2.05, 4.69) is 4.98 Å². The van der Waals surface area contributed by atoms with Gasteiger partial charge in [0.05, 0.1) is 12.2 Å². The summed E-state index contributed by atoms with van der Waals surface area (Å²) in [5, 5.41) is 16.7. The van der Waals surface area contributed by atoms with Gasteiger partial charge in [0, 0.05) is 18.3 Å². The van der Waals surface area contributed by atoms with Crippen LogP contribution >= 0.6 is 0 Å². The van der Waals surface area contributed by atoms with E-state index in [1.54, 1.807) is 6.07 Å². The first-order valence-corrected chi connectivity index (χ1v) is 5.67. The molecule has 4 N–H and O–H groups in total. The van der Waals surface area contributed by atoms with Gasteiger partial charge in [0.15, 0.2) is 0 Å². The molecule has 1 aromatic heterocycles. The van der Waals surface area contributed by atoms with Crippen molar-refractivity contribution < 1.29 is 5.11 Å². The Morgan fingerprint density at radius 1 is 1.53 bits per heavy atom. The molecule has 1 heterocycles. The maximum absolute atomic E-state index is 9.09. The number of nitrogens with zero attached hydrogens (tertiary/aromatic N) is 2. The fourth-order valence-electron chi connectivity index (χ4n) is 1.69. The number of aliphatic hydroxyl groups is 1. The van der Waals surface area contributed by atoms with Crippen LogP contribution in [0.15, 0.2) is 12.1 Å². The summed E-state index contributed by atoms with van der Waals surface area (Å²) in [6, 6.07) is 3.82. The van der Waals surface area contributed by atoms with Crippen molar-refractivity contribution in [3.05, 3.63) is 23.4 Å². The molecule has 0 unspecified atom stereocenters. The Morgan fingerprint density at radius 3 is 2.65 bits per heavy atom. The van der Waals surface area contributed by atoms with Gasteiger partial charge in [-0.3, -0.25) is 5.41 Å². The van der Waals surface area contributed by atoms with E-state index in [-0.39, 0.29) is 18.5 Å². The standard InChI is InChI=1S/C12H20N4O/c1-8(2)16(6-7-17)12-10(11(13)14)5-4-9(3)15-12/h4-5,8,17H,6-7H2,1-3H3,(H3,13,14). The predicted octanol–water partition coefficient (Wildman–Crippen LogP) is 0.881. The van der Waals surface area contributed by atoms with Crippen molar-refractivity contribution >= 4 is 11.7 Å². The van der Waals surface area contributed by atoms with Gasteiger partial charge in [-0.2, -0.15) is 0 Å². The maximum Gasteiger partial charge on any atom is 0.140 e.